The van der Waals surface area contributed by atoms with Gasteiger partial charge in [0.25, 0.3) is 0 Å². The predicted octanol–water partition coefficient (Wildman–Crippen LogP) is 4.39. The molecule has 1 aliphatic rings. The minimum atomic E-state index is 0.915. The van der Waals surface area contributed by atoms with Crippen molar-refractivity contribution in [3.8, 4) is 5.75 Å². The lowest BCUT2D eigenvalue weighted by Gasteiger charge is -2.18. The van der Waals surface area contributed by atoms with Gasteiger partial charge in [-0.1, -0.05) is 15.9 Å². The molecule has 0 N–H and O–H groups in total. The average molecular weight is 393 g/mol. The van der Waals surface area contributed by atoms with E-state index in [1.807, 2.05) is 23.5 Å². The van der Waals surface area contributed by atoms with Gasteiger partial charge in [-0.25, -0.2) is 0 Å². The van der Waals surface area contributed by atoms with Crippen LogP contribution in [-0.4, -0.2) is 37.5 Å². The van der Waals surface area contributed by atoms with Crippen molar-refractivity contribution in [1.82, 2.24) is 4.90 Å². The fraction of sp³-hybridized carbons (Fsp3) is 0.389. The van der Waals surface area contributed by atoms with Crippen LogP contribution in [0.5, 0.6) is 5.75 Å². The van der Waals surface area contributed by atoms with Gasteiger partial charge in [0.2, 0.25) is 0 Å². The Bertz CT molecular complexity index is 711. The molecule has 23 heavy (non-hydrogen) atoms. The van der Waals surface area contributed by atoms with E-state index in [0.717, 1.165) is 42.7 Å². The normalized spacial score (nSPS) is 14.2. The molecule has 5 heteroatoms. The SMILES string of the molecule is CCN1CCN=C1c1ccsc1CCc1cc(Br)ccc1OC. The molecule has 3 rings (SSSR count). The molecule has 0 amide bonds. The molecule has 0 atom stereocenters. The third-order valence-electron chi connectivity index (χ3n) is 4.16. The number of ether oxygens (including phenoxy) is 1. The van der Waals surface area contributed by atoms with Crippen molar-refractivity contribution in [2.75, 3.05) is 26.7 Å². The Morgan fingerprint density at radius 2 is 2.17 bits per heavy atom. The number of likely N-dealkylation sites (N-methyl/N-ethyl adjacent to an activating group) is 1. The summed E-state index contributed by atoms with van der Waals surface area (Å²) in [7, 11) is 1.73. The van der Waals surface area contributed by atoms with Gasteiger partial charge in [-0.2, -0.15) is 0 Å². The zero-order chi connectivity index (χ0) is 16.2. The standard InChI is InChI=1S/C18H21BrN2OS/c1-3-21-10-9-20-18(21)15-8-11-23-17(15)7-4-13-12-14(19)5-6-16(13)22-2/h5-6,8,11-12H,3-4,7,9-10H2,1-2H3. The summed E-state index contributed by atoms with van der Waals surface area (Å²) in [5, 5.41) is 2.18. The highest BCUT2D eigenvalue weighted by molar-refractivity contribution is 9.10. The first-order chi connectivity index (χ1) is 11.2. The molecule has 1 aliphatic heterocycles. The molecule has 0 unspecified atom stereocenters. The molecular formula is C18H21BrN2OS. The minimum Gasteiger partial charge on any atom is -0.496 e. The Balaban J connectivity index is 1.78. The molecular weight excluding hydrogens is 372 g/mol. The van der Waals surface area contributed by atoms with Crippen molar-refractivity contribution in [3.05, 3.63) is 50.1 Å². The predicted molar refractivity (Wildman–Crippen MR) is 101 cm³/mol. The first-order valence-electron chi connectivity index (χ1n) is 7.91. The zero-order valence-electron chi connectivity index (χ0n) is 13.5. The number of halogens is 1. The number of hydrogen-bond acceptors (Lipinski definition) is 4. The maximum Gasteiger partial charge on any atom is 0.132 e. The van der Waals surface area contributed by atoms with Crippen molar-refractivity contribution in [2.45, 2.75) is 19.8 Å². The second-order valence-corrected chi connectivity index (χ2v) is 7.41. The number of aliphatic imine (C=N–C) groups is 1. The molecule has 1 aromatic heterocycles. The van der Waals surface area contributed by atoms with Crippen LogP contribution < -0.4 is 4.74 Å². The van der Waals surface area contributed by atoms with Gasteiger partial charge in [0.1, 0.15) is 11.6 Å². The van der Waals surface area contributed by atoms with E-state index in [-0.39, 0.29) is 0 Å². The highest BCUT2D eigenvalue weighted by Gasteiger charge is 2.20. The lowest BCUT2D eigenvalue weighted by molar-refractivity contribution is 0.409. The summed E-state index contributed by atoms with van der Waals surface area (Å²) < 4.78 is 6.58. The first kappa shape index (κ1) is 16.5. The highest BCUT2D eigenvalue weighted by atomic mass is 79.9. The van der Waals surface area contributed by atoms with Crippen molar-refractivity contribution in [1.29, 1.82) is 0 Å². The Kier molecular flexibility index (Phi) is 5.38. The van der Waals surface area contributed by atoms with Gasteiger partial charge >= 0.3 is 0 Å². The minimum absolute atomic E-state index is 0.915. The Hall–Kier alpha value is -1.33. The summed E-state index contributed by atoms with van der Waals surface area (Å²) in [6.45, 7) is 5.17. The quantitative estimate of drug-likeness (QED) is 0.728. The van der Waals surface area contributed by atoms with E-state index in [9.17, 15) is 0 Å². The van der Waals surface area contributed by atoms with Crippen LogP contribution in [0.2, 0.25) is 0 Å². The van der Waals surface area contributed by atoms with E-state index in [0.29, 0.717) is 0 Å². The molecule has 0 spiro atoms. The molecule has 122 valence electrons. The summed E-state index contributed by atoms with van der Waals surface area (Å²) in [6, 6.07) is 8.41. The second kappa shape index (κ2) is 7.49. The molecule has 0 bridgehead atoms. The number of aryl methyl sites for hydroxylation is 2. The fourth-order valence-corrected chi connectivity index (χ4v) is 4.25. The van der Waals surface area contributed by atoms with E-state index in [2.05, 4.69) is 45.3 Å². The molecule has 0 saturated heterocycles. The van der Waals surface area contributed by atoms with Gasteiger partial charge in [0.15, 0.2) is 0 Å². The third-order valence-corrected chi connectivity index (χ3v) is 5.64. The van der Waals surface area contributed by atoms with Crippen LogP contribution in [0.3, 0.4) is 0 Å². The number of methoxy groups -OCH3 is 1. The summed E-state index contributed by atoms with van der Waals surface area (Å²) >= 11 is 5.38. The van der Waals surface area contributed by atoms with Crippen LogP contribution in [0.25, 0.3) is 0 Å². The van der Waals surface area contributed by atoms with Crippen LogP contribution in [0.1, 0.15) is 22.9 Å². The lowest BCUT2D eigenvalue weighted by Crippen LogP contribution is -2.28. The molecule has 3 nitrogen and oxygen atoms in total. The fourth-order valence-electron chi connectivity index (χ4n) is 2.97. The Morgan fingerprint density at radius 3 is 2.96 bits per heavy atom. The molecule has 1 aromatic carbocycles. The van der Waals surface area contributed by atoms with E-state index in [4.69, 9.17) is 9.73 Å². The van der Waals surface area contributed by atoms with Gasteiger partial charge in [0, 0.05) is 28.0 Å². The van der Waals surface area contributed by atoms with Crippen molar-refractivity contribution in [3.63, 3.8) is 0 Å². The monoisotopic (exact) mass is 392 g/mol. The van der Waals surface area contributed by atoms with Crippen LogP contribution in [-0.2, 0) is 12.8 Å². The number of amidine groups is 1. The summed E-state index contributed by atoms with van der Waals surface area (Å²) in [4.78, 5) is 8.49. The molecule has 0 fully saturated rings. The lowest BCUT2D eigenvalue weighted by atomic mass is 10.1. The maximum absolute atomic E-state index is 5.49. The Morgan fingerprint density at radius 1 is 1.30 bits per heavy atom. The van der Waals surface area contributed by atoms with Gasteiger partial charge in [-0.15, -0.1) is 11.3 Å². The largest absolute Gasteiger partial charge is 0.496 e. The average Bonchev–Trinajstić information content (AvgIpc) is 3.21. The maximum atomic E-state index is 5.49. The molecule has 0 aliphatic carbocycles. The number of benzene rings is 1. The molecule has 2 heterocycles. The molecule has 0 saturated carbocycles. The summed E-state index contributed by atoms with van der Waals surface area (Å²) in [5.74, 6) is 2.13. The van der Waals surface area contributed by atoms with Crippen LogP contribution in [0.15, 0.2) is 39.1 Å². The smallest absolute Gasteiger partial charge is 0.132 e. The first-order valence-corrected chi connectivity index (χ1v) is 9.58. The van der Waals surface area contributed by atoms with Crippen molar-refractivity contribution in [2.24, 2.45) is 4.99 Å². The highest BCUT2D eigenvalue weighted by Crippen LogP contribution is 2.27. The van der Waals surface area contributed by atoms with Crippen LogP contribution in [0, 0.1) is 0 Å². The zero-order valence-corrected chi connectivity index (χ0v) is 15.9. The van der Waals surface area contributed by atoms with Crippen LogP contribution in [0.4, 0.5) is 0 Å². The number of thiophene rings is 1. The van der Waals surface area contributed by atoms with Gasteiger partial charge < -0.3 is 9.64 Å². The van der Waals surface area contributed by atoms with E-state index in [1.54, 1.807) is 7.11 Å². The molecule has 2 aromatic rings. The van der Waals surface area contributed by atoms with Crippen molar-refractivity contribution >= 4 is 33.1 Å². The summed E-state index contributed by atoms with van der Waals surface area (Å²) in [5.41, 5.74) is 2.55. The van der Waals surface area contributed by atoms with Gasteiger partial charge in [-0.05, 0) is 55.0 Å². The molecule has 0 radical (unpaired) electrons. The van der Waals surface area contributed by atoms with Gasteiger partial charge in [-0.3, -0.25) is 4.99 Å². The van der Waals surface area contributed by atoms with Crippen LogP contribution >= 0.6 is 27.3 Å². The summed E-state index contributed by atoms with van der Waals surface area (Å²) in [6.07, 6.45) is 1.98. The number of rotatable bonds is 6. The van der Waals surface area contributed by atoms with E-state index >= 15 is 0 Å². The third kappa shape index (κ3) is 3.61. The van der Waals surface area contributed by atoms with E-state index < -0.39 is 0 Å². The van der Waals surface area contributed by atoms with Gasteiger partial charge in [0.05, 0.1) is 13.7 Å². The van der Waals surface area contributed by atoms with Crippen molar-refractivity contribution < 1.29 is 4.74 Å². The number of nitrogens with zero attached hydrogens (tertiary/aromatic N) is 2. The van der Waals surface area contributed by atoms with E-state index in [1.165, 1.54) is 21.8 Å². The Labute approximate surface area is 150 Å². The topological polar surface area (TPSA) is 24.8 Å². The number of hydrogen-bond donors (Lipinski definition) is 0. The second-order valence-electron chi connectivity index (χ2n) is 5.50.